The van der Waals surface area contributed by atoms with Gasteiger partial charge >= 0.3 is 18.0 Å². The standard InChI is InChI=1S/C22H10Cl2F7N5OS/c23-13-3-11(20(25,21(26,27)28)22(29,30)31)4-14(24)17(13)36-8-10(7-34-36)15-5-12(16(6-32)38-15)18(37)35-19(9-33)1-2-19/h3-5,7-8H,1-2H2,(H,35,37). The Hall–Kier alpha value is -3.33. The van der Waals surface area contributed by atoms with Crippen molar-refractivity contribution < 1.29 is 35.5 Å². The third-order valence-electron chi connectivity index (χ3n) is 5.69. The highest BCUT2D eigenvalue weighted by molar-refractivity contribution is 7.16. The Morgan fingerprint density at radius 1 is 1.05 bits per heavy atom. The molecule has 6 nitrogen and oxygen atoms in total. The van der Waals surface area contributed by atoms with Gasteiger partial charge in [0.2, 0.25) is 0 Å². The summed E-state index contributed by atoms with van der Waals surface area (Å²) in [7, 11) is 0. The van der Waals surface area contributed by atoms with E-state index in [9.17, 15) is 40.8 Å². The molecule has 16 heteroatoms. The van der Waals surface area contributed by atoms with Crippen molar-refractivity contribution in [2.24, 2.45) is 0 Å². The van der Waals surface area contributed by atoms with Gasteiger partial charge < -0.3 is 5.32 Å². The molecule has 1 saturated carbocycles. The number of thiophene rings is 1. The predicted molar refractivity (Wildman–Crippen MR) is 122 cm³/mol. The summed E-state index contributed by atoms with van der Waals surface area (Å²) in [4.78, 5) is 13.0. The van der Waals surface area contributed by atoms with Gasteiger partial charge in [0.25, 0.3) is 5.91 Å². The highest BCUT2D eigenvalue weighted by atomic mass is 35.5. The van der Waals surface area contributed by atoms with Crippen LogP contribution in [-0.2, 0) is 5.67 Å². The van der Waals surface area contributed by atoms with Gasteiger partial charge in [0.15, 0.2) is 0 Å². The second-order valence-corrected chi connectivity index (χ2v) is 10.1. The zero-order valence-electron chi connectivity index (χ0n) is 18.3. The van der Waals surface area contributed by atoms with Gasteiger partial charge in [-0.25, -0.2) is 9.07 Å². The van der Waals surface area contributed by atoms with Crippen LogP contribution in [0.2, 0.25) is 10.0 Å². The Kier molecular flexibility index (Phi) is 6.67. The first kappa shape index (κ1) is 27.7. The maximum atomic E-state index is 14.5. The smallest absolute Gasteiger partial charge is 0.334 e. The lowest BCUT2D eigenvalue weighted by molar-refractivity contribution is -0.348. The first-order chi connectivity index (χ1) is 17.6. The zero-order chi connectivity index (χ0) is 28.3. The van der Waals surface area contributed by atoms with Crippen molar-refractivity contribution in [3.8, 4) is 28.3 Å². The summed E-state index contributed by atoms with van der Waals surface area (Å²) in [6.07, 6.45) is -9.31. The van der Waals surface area contributed by atoms with Crippen LogP contribution in [0.15, 0.2) is 30.6 Å². The van der Waals surface area contributed by atoms with Gasteiger partial charge in [-0.3, -0.25) is 4.79 Å². The third kappa shape index (κ3) is 4.57. The van der Waals surface area contributed by atoms with E-state index in [4.69, 9.17) is 28.5 Å². The second-order valence-electron chi connectivity index (χ2n) is 8.23. The lowest BCUT2D eigenvalue weighted by Crippen LogP contribution is -2.50. The number of nitrogens with zero attached hydrogens (tertiary/aromatic N) is 4. The number of carbonyl (C=O) groups excluding carboxylic acids is 1. The molecule has 0 bridgehead atoms. The Morgan fingerprint density at radius 3 is 2.11 bits per heavy atom. The van der Waals surface area contributed by atoms with Crippen molar-refractivity contribution >= 4 is 40.4 Å². The van der Waals surface area contributed by atoms with E-state index in [0.717, 1.165) is 16.0 Å². The highest BCUT2D eigenvalue weighted by Gasteiger charge is 2.73. The van der Waals surface area contributed by atoms with Crippen LogP contribution < -0.4 is 5.32 Å². The van der Waals surface area contributed by atoms with E-state index < -0.39 is 45.1 Å². The van der Waals surface area contributed by atoms with Crippen molar-refractivity contribution in [3.63, 3.8) is 0 Å². The number of hydrogen-bond acceptors (Lipinski definition) is 5. The monoisotopic (exact) mass is 595 g/mol. The largest absolute Gasteiger partial charge is 0.435 e. The summed E-state index contributed by atoms with van der Waals surface area (Å²) in [6, 6.07) is 5.56. The number of halogens is 9. The van der Waals surface area contributed by atoms with E-state index in [-0.39, 0.29) is 33.8 Å². The van der Waals surface area contributed by atoms with Crippen LogP contribution in [0.1, 0.15) is 33.6 Å². The summed E-state index contributed by atoms with van der Waals surface area (Å²) < 4.78 is 94.2. The molecule has 0 saturated heterocycles. The van der Waals surface area contributed by atoms with Crippen LogP contribution in [0.25, 0.3) is 16.1 Å². The molecule has 0 spiro atoms. The minimum Gasteiger partial charge on any atom is -0.334 e. The number of benzene rings is 1. The van der Waals surface area contributed by atoms with Crippen LogP contribution in [-0.4, -0.2) is 33.6 Å². The zero-order valence-corrected chi connectivity index (χ0v) is 20.6. The average Bonchev–Trinajstić information content (AvgIpc) is 3.22. The summed E-state index contributed by atoms with van der Waals surface area (Å²) in [6.45, 7) is 0. The molecule has 0 aliphatic heterocycles. The number of nitriles is 2. The molecule has 3 aromatic rings. The summed E-state index contributed by atoms with van der Waals surface area (Å²) in [5.74, 6) is -0.638. The molecule has 1 N–H and O–H groups in total. The topological polar surface area (TPSA) is 94.5 Å². The van der Waals surface area contributed by atoms with E-state index in [1.54, 1.807) is 0 Å². The lowest BCUT2D eigenvalue weighted by Gasteiger charge is -2.30. The maximum absolute atomic E-state index is 14.5. The summed E-state index contributed by atoms with van der Waals surface area (Å²) in [5, 5.41) is 23.6. The highest BCUT2D eigenvalue weighted by Crippen LogP contribution is 2.54. The Morgan fingerprint density at radius 2 is 1.63 bits per heavy atom. The Balaban J connectivity index is 1.70. The van der Waals surface area contributed by atoms with Crippen LogP contribution in [0, 0.1) is 22.7 Å². The molecule has 1 fully saturated rings. The minimum atomic E-state index is -6.35. The van der Waals surface area contributed by atoms with Gasteiger partial charge in [0.05, 0.1) is 27.9 Å². The average molecular weight is 596 g/mol. The Bertz CT molecular complexity index is 1490. The number of carbonyl (C=O) groups is 1. The summed E-state index contributed by atoms with van der Waals surface area (Å²) in [5.41, 5.74) is -8.62. The Labute approximate surface area is 222 Å². The fraction of sp³-hybridized carbons (Fsp3) is 0.273. The fourth-order valence-electron chi connectivity index (χ4n) is 3.50. The molecule has 1 aliphatic rings. The molecule has 1 aromatic carbocycles. The van der Waals surface area contributed by atoms with Crippen LogP contribution in [0.4, 0.5) is 30.7 Å². The van der Waals surface area contributed by atoms with E-state index in [0.29, 0.717) is 17.7 Å². The van der Waals surface area contributed by atoms with Crippen LogP contribution >= 0.6 is 34.5 Å². The van der Waals surface area contributed by atoms with E-state index >= 15 is 0 Å². The van der Waals surface area contributed by atoms with E-state index in [1.807, 2.05) is 12.1 Å². The van der Waals surface area contributed by atoms with Gasteiger partial charge in [-0.1, -0.05) is 23.2 Å². The molecule has 1 aliphatic carbocycles. The fourth-order valence-corrected chi connectivity index (χ4v) is 5.09. The molecule has 2 heterocycles. The molecule has 198 valence electrons. The predicted octanol–water partition coefficient (Wildman–Crippen LogP) is 6.85. The minimum absolute atomic E-state index is 0.000722. The number of nitrogens with one attached hydrogen (secondary N) is 1. The van der Waals surface area contributed by atoms with Gasteiger partial charge in [0.1, 0.15) is 22.2 Å². The van der Waals surface area contributed by atoms with Crippen molar-refractivity contribution in [2.45, 2.75) is 36.4 Å². The molecular formula is C22H10Cl2F7N5OS. The second kappa shape index (κ2) is 9.15. The number of aromatic nitrogens is 2. The first-order valence-electron chi connectivity index (χ1n) is 10.2. The molecule has 0 radical (unpaired) electrons. The summed E-state index contributed by atoms with van der Waals surface area (Å²) >= 11 is 12.8. The number of alkyl halides is 7. The van der Waals surface area contributed by atoms with Crippen molar-refractivity contribution in [2.75, 3.05) is 0 Å². The van der Waals surface area contributed by atoms with Gasteiger partial charge in [-0.15, -0.1) is 11.3 Å². The van der Waals surface area contributed by atoms with E-state index in [2.05, 4.69) is 10.4 Å². The van der Waals surface area contributed by atoms with Gasteiger partial charge in [-0.2, -0.15) is 42.0 Å². The molecular weight excluding hydrogens is 586 g/mol. The lowest BCUT2D eigenvalue weighted by atomic mass is 9.94. The number of rotatable bonds is 5. The first-order valence-corrected chi connectivity index (χ1v) is 11.8. The number of hydrogen-bond donors (Lipinski definition) is 1. The third-order valence-corrected chi connectivity index (χ3v) is 7.35. The molecule has 1 amide bonds. The molecule has 4 rings (SSSR count). The normalized spacial score (nSPS) is 15.0. The van der Waals surface area contributed by atoms with Crippen molar-refractivity contribution in [1.82, 2.24) is 15.1 Å². The molecule has 2 aromatic heterocycles. The quantitative estimate of drug-likeness (QED) is 0.326. The van der Waals surface area contributed by atoms with Gasteiger partial charge in [-0.05, 0) is 31.0 Å². The maximum Gasteiger partial charge on any atom is 0.435 e. The molecule has 38 heavy (non-hydrogen) atoms. The van der Waals surface area contributed by atoms with Gasteiger partial charge in [0, 0.05) is 22.2 Å². The van der Waals surface area contributed by atoms with Crippen molar-refractivity contribution in [3.05, 3.63) is 56.6 Å². The molecule has 0 atom stereocenters. The van der Waals surface area contributed by atoms with Crippen LogP contribution in [0.5, 0.6) is 0 Å². The van der Waals surface area contributed by atoms with E-state index in [1.165, 1.54) is 18.5 Å². The van der Waals surface area contributed by atoms with Crippen molar-refractivity contribution in [1.29, 1.82) is 10.5 Å². The SMILES string of the molecule is N#Cc1sc(-c2cnn(-c3c(Cl)cc(C(F)(C(F)(F)F)C(F)(F)F)cc3Cl)c2)cc1C(=O)NC1(C#N)CC1. The van der Waals surface area contributed by atoms with Crippen LogP contribution in [0.3, 0.4) is 0 Å². The number of amides is 1. The molecule has 0 unspecified atom stereocenters.